The molecule has 0 saturated carbocycles. The van der Waals surface area contributed by atoms with E-state index in [0.717, 1.165) is 5.57 Å². The molecule has 2 aliphatic heterocycles. The molecule has 0 bridgehead atoms. The molecule has 2 fully saturated rings. The van der Waals surface area contributed by atoms with E-state index in [4.69, 9.17) is 18.9 Å². The predicted octanol–water partition coefficient (Wildman–Crippen LogP) is 2.95. The average Bonchev–Trinajstić information content (AvgIpc) is 3.10. The maximum Gasteiger partial charge on any atom is 0.334 e. The van der Waals surface area contributed by atoms with E-state index in [9.17, 15) is 9.59 Å². The van der Waals surface area contributed by atoms with Crippen molar-refractivity contribution in [1.29, 1.82) is 0 Å². The Morgan fingerprint density at radius 3 is 2.78 bits per heavy atom. The van der Waals surface area contributed by atoms with Gasteiger partial charge in [0.1, 0.15) is 12.2 Å². The molecule has 2 saturated heterocycles. The Labute approximate surface area is 160 Å². The van der Waals surface area contributed by atoms with Crippen LogP contribution in [0.1, 0.15) is 47.5 Å². The molecule has 0 N–H and O–H groups in total. The van der Waals surface area contributed by atoms with Crippen molar-refractivity contribution < 1.29 is 28.5 Å². The third-order valence-corrected chi connectivity index (χ3v) is 5.62. The first-order valence-electron chi connectivity index (χ1n) is 9.65. The Morgan fingerprint density at radius 2 is 2.15 bits per heavy atom. The maximum atomic E-state index is 12.2. The summed E-state index contributed by atoms with van der Waals surface area (Å²) in [5, 5.41) is 0. The molecule has 6 heteroatoms. The van der Waals surface area contributed by atoms with Gasteiger partial charge in [-0.3, -0.25) is 4.79 Å². The van der Waals surface area contributed by atoms with Crippen LogP contribution in [0, 0.1) is 11.8 Å². The lowest BCUT2D eigenvalue weighted by molar-refractivity contribution is -0.145. The number of carbonyl (C=O) groups excluding carboxylic acids is 2. The topological polar surface area (TPSA) is 74.4 Å². The highest BCUT2D eigenvalue weighted by Gasteiger charge is 2.57. The Morgan fingerprint density at radius 1 is 1.44 bits per heavy atom. The first-order valence-corrected chi connectivity index (χ1v) is 9.65. The molecule has 0 spiro atoms. The standard InChI is InChI=1S/C21H30O6/c1-11(2)10-24-17-9-21(6)18(27-21)8-15(25-14(5)22)12(3)7-16-19(17)13(4)20(23)26-16/h7,11,15-19H,4,8-10H2,1-3,5-6H3. The second-order valence-corrected chi connectivity index (χ2v) is 8.55. The fourth-order valence-electron chi connectivity index (χ4n) is 4.04. The van der Waals surface area contributed by atoms with E-state index in [1.165, 1.54) is 6.92 Å². The fraction of sp³-hybridized carbons (Fsp3) is 0.714. The van der Waals surface area contributed by atoms with Crippen molar-refractivity contribution in [2.75, 3.05) is 6.61 Å². The number of rotatable bonds is 4. The van der Waals surface area contributed by atoms with Gasteiger partial charge in [0.05, 0.1) is 23.7 Å². The van der Waals surface area contributed by atoms with Crippen molar-refractivity contribution in [3.8, 4) is 0 Å². The summed E-state index contributed by atoms with van der Waals surface area (Å²) in [5.41, 5.74) is 0.919. The average molecular weight is 378 g/mol. The Kier molecular flexibility index (Phi) is 5.50. The first kappa shape index (κ1) is 20.1. The summed E-state index contributed by atoms with van der Waals surface area (Å²) in [4.78, 5) is 23.8. The first-order chi connectivity index (χ1) is 12.6. The minimum absolute atomic E-state index is 0.0156. The van der Waals surface area contributed by atoms with Crippen LogP contribution >= 0.6 is 0 Å². The summed E-state index contributed by atoms with van der Waals surface area (Å²) >= 11 is 0. The summed E-state index contributed by atoms with van der Waals surface area (Å²) in [6, 6.07) is 0. The van der Waals surface area contributed by atoms with Gasteiger partial charge in [-0.05, 0) is 31.4 Å². The highest BCUT2D eigenvalue weighted by atomic mass is 16.6. The minimum atomic E-state index is -0.473. The van der Waals surface area contributed by atoms with Crippen LogP contribution in [-0.4, -0.2) is 48.6 Å². The highest BCUT2D eigenvalue weighted by Crippen LogP contribution is 2.48. The van der Waals surface area contributed by atoms with Gasteiger partial charge in [0.2, 0.25) is 0 Å². The van der Waals surface area contributed by atoms with Crippen LogP contribution < -0.4 is 0 Å². The molecule has 0 aromatic rings. The van der Waals surface area contributed by atoms with Crippen molar-refractivity contribution in [2.45, 2.75) is 77.5 Å². The van der Waals surface area contributed by atoms with Gasteiger partial charge in [0, 0.05) is 31.9 Å². The summed E-state index contributed by atoms with van der Waals surface area (Å²) in [6.07, 6.45) is 2.00. The highest BCUT2D eigenvalue weighted by molar-refractivity contribution is 5.91. The second kappa shape index (κ2) is 7.40. The predicted molar refractivity (Wildman–Crippen MR) is 98.9 cm³/mol. The number of carbonyl (C=O) groups is 2. The number of esters is 2. The van der Waals surface area contributed by atoms with Gasteiger partial charge in [-0.15, -0.1) is 0 Å². The monoisotopic (exact) mass is 378 g/mol. The van der Waals surface area contributed by atoms with Gasteiger partial charge in [-0.25, -0.2) is 4.79 Å². The van der Waals surface area contributed by atoms with E-state index < -0.39 is 18.2 Å². The van der Waals surface area contributed by atoms with Gasteiger partial charge >= 0.3 is 11.9 Å². The lowest BCUT2D eigenvalue weighted by atomic mass is 9.82. The van der Waals surface area contributed by atoms with Gasteiger partial charge in [-0.1, -0.05) is 20.4 Å². The van der Waals surface area contributed by atoms with Crippen LogP contribution in [0.15, 0.2) is 23.8 Å². The molecule has 3 rings (SSSR count). The Hall–Kier alpha value is -1.66. The molecule has 0 aromatic carbocycles. The third kappa shape index (κ3) is 4.27. The molecule has 150 valence electrons. The summed E-state index contributed by atoms with van der Waals surface area (Å²) in [6.45, 7) is 14.1. The number of hydrogen-bond donors (Lipinski definition) is 0. The van der Waals surface area contributed by atoms with E-state index in [1.54, 1.807) is 0 Å². The van der Waals surface area contributed by atoms with E-state index in [2.05, 4.69) is 20.4 Å². The number of hydrogen-bond acceptors (Lipinski definition) is 6. The van der Waals surface area contributed by atoms with Crippen molar-refractivity contribution >= 4 is 11.9 Å². The van der Waals surface area contributed by atoms with Crippen molar-refractivity contribution in [3.63, 3.8) is 0 Å². The molecular formula is C21H30O6. The molecule has 0 radical (unpaired) electrons. The fourth-order valence-corrected chi connectivity index (χ4v) is 4.04. The van der Waals surface area contributed by atoms with Crippen LogP contribution in [-0.2, 0) is 28.5 Å². The van der Waals surface area contributed by atoms with Crippen LogP contribution in [0.25, 0.3) is 0 Å². The van der Waals surface area contributed by atoms with Crippen LogP contribution in [0.2, 0.25) is 0 Å². The SMILES string of the molecule is C=C1C(=O)OC2C=C(C)C(OC(C)=O)CC3OC3(C)CC(OCC(C)C)C12. The zero-order chi connectivity index (χ0) is 19.9. The summed E-state index contributed by atoms with van der Waals surface area (Å²) in [7, 11) is 0. The molecule has 27 heavy (non-hydrogen) atoms. The molecule has 6 atom stereocenters. The van der Waals surface area contributed by atoms with Crippen LogP contribution in [0.3, 0.4) is 0 Å². The van der Waals surface area contributed by atoms with Crippen molar-refractivity contribution in [2.24, 2.45) is 11.8 Å². The number of fused-ring (bicyclic) bond motifs is 2. The van der Waals surface area contributed by atoms with E-state index in [0.29, 0.717) is 30.9 Å². The zero-order valence-electron chi connectivity index (χ0n) is 16.8. The van der Waals surface area contributed by atoms with Crippen LogP contribution in [0.4, 0.5) is 0 Å². The Balaban J connectivity index is 1.94. The quantitative estimate of drug-likeness (QED) is 0.324. The Bertz CT molecular complexity index is 666. The van der Waals surface area contributed by atoms with Gasteiger partial charge in [0.15, 0.2) is 0 Å². The molecular weight excluding hydrogens is 348 g/mol. The zero-order valence-corrected chi connectivity index (χ0v) is 16.8. The molecule has 3 aliphatic rings. The van der Waals surface area contributed by atoms with Gasteiger partial charge in [0.25, 0.3) is 0 Å². The number of epoxide rings is 1. The second-order valence-electron chi connectivity index (χ2n) is 8.55. The molecule has 6 unspecified atom stereocenters. The smallest absolute Gasteiger partial charge is 0.334 e. The molecule has 0 amide bonds. The van der Waals surface area contributed by atoms with E-state index in [-0.39, 0.29) is 29.7 Å². The molecule has 1 aliphatic carbocycles. The maximum absolute atomic E-state index is 12.2. The molecule has 0 aromatic heterocycles. The lowest BCUT2D eigenvalue weighted by Gasteiger charge is -2.30. The van der Waals surface area contributed by atoms with Gasteiger partial charge < -0.3 is 18.9 Å². The summed E-state index contributed by atoms with van der Waals surface area (Å²) in [5.74, 6) is -0.632. The number of ether oxygens (including phenoxy) is 4. The van der Waals surface area contributed by atoms with E-state index in [1.807, 2.05) is 19.9 Å². The van der Waals surface area contributed by atoms with Crippen molar-refractivity contribution in [1.82, 2.24) is 0 Å². The van der Waals surface area contributed by atoms with E-state index >= 15 is 0 Å². The van der Waals surface area contributed by atoms with Crippen molar-refractivity contribution in [3.05, 3.63) is 23.8 Å². The minimum Gasteiger partial charge on any atom is -0.458 e. The molecule has 2 heterocycles. The normalized spacial score (nSPS) is 38.6. The largest absolute Gasteiger partial charge is 0.458 e. The van der Waals surface area contributed by atoms with Crippen LogP contribution in [0.5, 0.6) is 0 Å². The lowest BCUT2D eigenvalue weighted by Crippen LogP contribution is -2.37. The third-order valence-electron chi connectivity index (χ3n) is 5.62. The van der Waals surface area contributed by atoms with Gasteiger partial charge in [-0.2, -0.15) is 0 Å². The molecule has 6 nitrogen and oxygen atoms in total. The summed E-state index contributed by atoms with van der Waals surface area (Å²) < 4.78 is 23.3.